The second kappa shape index (κ2) is 5.98. The number of unbranched alkanes of at least 4 members (excludes halogenated alkanes) is 1. The Labute approximate surface area is 99.5 Å². The van der Waals surface area contributed by atoms with E-state index in [1.165, 1.54) is 12.1 Å². The summed E-state index contributed by atoms with van der Waals surface area (Å²) in [5.41, 5.74) is 0.838. The van der Waals surface area contributed by atoms with Gasteiger partial charge in [0.15, 0.2) is 0 Å². The first kappa shape index (κ1) is 13.2. The molecule has 92 valence electrons. The van der Waals surface area contributed by atoms with E-state index < -0.39 is 10.9 Å². The second-order valence-corrected chi connectivity index (χ2v) is 3.75. The molecule has 0 bridgehead atoms. The lowest BCUT2D eigenvalue weighted by molar-refractivity contribution is -0.384. The number of carbonyl (C=O) groups is 1. The molecule has 17 heavy (non-hydrogen) atoms. The van der Waals surface area contributed by atoms with Crippen LogP contribution in [0.1, 0.15) is 35.7 Å². The molecule has 0 fully saturated rings. The lowest BCUT2D eigenvalue weighted by Crippen LogP contribution is -2.08. The first-order chi connectivity index (χ1) is 8.06. The zero-order valence-corrected chi connectivity index (χ0v) is 9.93. The van der Waals surface area contributed by atoms with Crippen molar-refractivity contribution in [2.24, 2.45) is 0 Å². The van der Waals surface area contributed by atoms with Gasteiger partial charge in [0.1, 0.15) is 0 Å². The van der Waals surface area contributed by atoms with Crippen LogP contribution >= 0.6 is 0 Å². The first-order valence-electron chi connectivity index (χ1n) is 5.48. The van der Waals surface area contributed by atoms with Crippen molar-refractivity contribution < 1.29 is 14.5 Å². The van der Waals surface area contributed by atoms with Gasteiger partial charge < -0.3 is 4.74 Å². The van der Waals surface area contributed by atoms with Gasteiger partial charge in [-0.3, -0.25) is 10.1 Å². The van der Waals surface area contributed by atoms with E-state index in [1.807, 2.05) is 6.92 Å². The van der Waals surface area contributed by atoms with Gasteiger partial charge >= 0.3 is 5.97 Å². The highest BCUT2D eigenvalue weighted by Crippen LogP contribution is 2.18. The molecular weight excluding hydrogens is 222 g/mol. The van der Waals surface area contributed by atoms with Crippen LogP contribution in [0.4, 0.5) is 5.69 Å². The van der Waals surface area contributed by atoms with Gasteiger partial charge in [-0.05, 0) is 18.9 Å². The molecule has 0 saturated heterocycles. The van der Waals surface area contributed by atoms with Crippen LogP contribution in [0.5, 0.6) is 0 Å². The number of hydrogen-bond acceptors (Lipinski definition) is 4. The fraction of sp³-hybridized carbons (Fsp3) is 0.417. The van der Waals surface area contributed by atoms with E-state index in [0.29, 0.717) is 12.2 Å². The molecule has 0 aliphatic rings. The zero-order valence-electron chi connectivity index (χ0n) is 9.93. The standard InChI is InChI=1S/C12H15NO4/c1-3-4-7-17-12(14)11-8-10(13(15)16)6-5-9(11)2/h5-6,8H,3-4,7H2,1-2H3. The maximum atomic E-state index is 11.7. The third-order valence-electron chi connectivity index (χ3n) is 2.38. The lowest BCUT2D eigenvalue weighted by atomic mass is 10.1. The third kappa shape index (κ3) is 3.55. The van der Waals surface area contributed by atoms with Crippen LogP contribution in [-0.2, 0) is 4.74 Å². The summed E-state index contributed by atoms with van der Waals surface area (Å²) in [6, 6.07) is 4.18. The van der Waals surface area contributed by atoms with Crippen LogP contribution in [-0.4, -0.2) is 17.5 Å². The largest absolute Gasteiger partial charge is 0.462 e. The van der Waals surface area contributed by atoms with Gasteiger partial charge in [-0.15, -0.1) is 0 Å². The number of nitro benzene ring substituents is 1. The van der Waals surface area contributed by atoms with Crippen molar-refractivity contribution in [1.29, 1.82) is 0 Å². The topological polar surface area (TPSA) is 69.4 Å². The number of non-ortho nitro benzene ring substituents is 1. The quantitative estimate of drug-likeness (QED) is 0.341. The van der Waals surface area contributed by atoms with Gasteiger partial charge in [-0.2, -0.15) is 0 Å². The SMILES string of the molecule is CCCCOC(=O)c1cc([N+](=O)[O-])ccc1C. The Morgan fingerprint density at radius 1 is 1.47 bits per heavy atom. The average Bonchev–Trinajstić information content (AvgIpc) is 2.29. The van der Waals surface area contributed by atoms with Crippen molar-refractivity contribution in [3.05, 3.63) is 39.4 Å². The summed E-state index contributed by atoms with van der Waals surface area (Å²) in [7, 11) is 0. The highest BCUT2D eigenvalue weighted by atomic mass is 16.6. The van der Waals surface area contributed by atoms with Crippen molar-refractivity contribution in [1.82, 2.24) is 0 Å². The van der Waals surface area contributed by atoms with E-state index >= 15 is 0 Å². The monoisotopic (exact) mass is 237 g/mol. The van der Waals surface area contributed by atoms with E-state index in [1.54, 1.807) is 13.0 Å². The number of nitrogens with zero attached hydrogens (tertiary/aromatic N) is 1. The molecule has 5 heteroatoms. The smallest absolute Gasteiger partial charge is 0.338 e. The highest BCUT2D eigenvalue weighted by molar-refractivity contribution is 5.91. The van der Waals surface area contributed by atoms with E-state index in [4.69, 9.17) is 4.74 Å². The molecule has 0 spiro atoms. The van der Waals surface area contributed by atoms with E-state index in [-0.39, 0.29) is 11.3 Å². The number of rotatable bonds is 5. The maximum Gasteiger partial charge on any atom is 0.338 e. The van der Waals surface area contributed by atoms with E-state index in [0.717, 1.165) is 12.8 Å². The van der Waals surface area contributed by atoms with Crippen LogP contribution in [0.15, 0.2) is 18.2 Å². The Bertz CT molecular complexity index is 429. The van der Waals surface area contributed by atoms with Crippen molar-refractivity contribution in [3.63, 3.8) is 0 Å². The molecule has 0 N–H and O–H groups in total. The number of nitro groups is 1. The number of benzene rings is 1. The van der Waals surface area contributed by atoms with Crippen LogP contribution in [0.2, 0.25) is 0 Å². The lowest BCUT2D eigenvalue weighted by Gasteiger charge is -2.06. The molecule has 0 atom stereocenters. The van der Waals surface area contributed by atoms with Gasteiger partial charge in [-0.1, -0.05) is 19.4 Å². The van der Waals surface area contributed by atoms with Gasteiger partial charge in [-0.25, -0.2) is 4.79 Å². The Hall–Kier alpha value is -1.91. The van der Waals surface area contributed by atoms with Crippen molar-refractivity contribution >= 4 is 11.7 Å². The Balaban J connectivity index is 2.84. The van der Waals surface area contributed by atoms with Crippen molar-refractivity contribution in [3.8, 4) is 0 Å². The summed E-state index contributed by atoms with van der Waals surface area (Å²) in [5, 5.41) is 10.6. The summed E-state index contributed by atoms with van der Waals surface area (Å²) >= 11 is 0. The molecule has 0 aromatic heterocycles. The molecule has 0 unspecified atom stereocenters. The minimum Gasteiger partial charge on any atom is -0.462 e. The molecule has 5 nitrogen and oxygen atoms in total. The predicted octanol–water partition coefficient (Wildman–Crippen LogP) is 2.86. The number of carbonyl (C=O) groups excluding carboxylic acids is 1. The number of esters is 1. The molecule has 1 aromatic carbocycles. The summed E-state index contributed by atoms with van der Waals surface area (Å²) in [5.74, 6) is -0.500. The van der Waals surface area contributed by atoms with Crippen LogP contribution in [0, 0.1) is 17.0 Å². The Morgan fingerprint density at radius 2 is 2.18 bits per heavy atom. The van der Waals surface area contributed by atoms with Crippen molar-refractivity contribution in [2.75, 3.05) is 6.61 Å². The molecule has 0 amide bonds. The molecule has 0 heterocycles. The number of ether oxygens (including phenoxy) is 1. The minimum absolute atomic E-state index is 0.0990. The van der Waals surface area contributed by atoms with Gasteiger partial charge in [0.05, 0.1) is 17.1 Å². The summed E-state index contributed by atoms with van der Waals surface area (Å²) in [6.07, 6.45) is 1.72. The van der Waals surface area contributed by atoms with Crippen LogP contribution < -0.4 is 0 Å². The molecular formula is C12H15NO4. The maximum absolute atomic E-state index is 11.7. The molecule has 0 aliphatic carbocycles. The van der Waals surface area contributed by atoms with Gasteiger partial charge in [0.25, 0.3) is 5.69 Å². The molecule has 1 rings (SSSR count). The minimum atomic E-state index is -0.526. The highest BCUT2D eigenvalue weighted by Gasteiger charge is 2.15. The summed E-state index contributed by atoms with van der Waals surface area (Å²) < 4.78 is 5.02. The fourth-order valence-electron chi connectivity index (χ4n) is 1.33. The average molecular weight is 237 g/mol. The zero-order chi connectivity index (χ0) is 12.8. The number of aryl methyl sites for hydroxylation is 1. The molecule has 1 aromatic rings. The molecule has 0 saturated carbocycles. The third-order valence-corrected chi connectivity index (χ3v) is 2.38. The van der Waals surface area contributed by atoms with Crippen LogP contribution in [0.3, 0.4) is 0 Å². The van der Waals surface area contributed by atoms with Gasteiger partial charge in [0.2, 0.25) is 0 Å². The second-order valence-electron chi connectivity index (χ2n) is 3.75. The predicted molar refractivity (Wildman–Crippen MR) is 63.0 cm³/mol. The van der Waals surface area contributed by atoms with E-state index in [9.17, 15) is 14.9 Å². The Kier molecular flexibility index (Phi) is 4.63. The van der Waals surface area contributed by atoms with Gasteiger partial charge in [0, 0.05) is 12.1 Å². The molecule has 0 aliphatic heterocycles. The summed E-state index contributed by atoms with van der Waals surface area (Å²) in [6.45, 7) is 4.06. The Morgan fingerprint density at radius 3 is 2.76 bits per heavy atom. The number of hydrogen-bond donors (Lipinski definition) is 0. The normalized spacial score (nSPS) is 10.0. The van der Waals surface area contributed by atoms with E-state index in [2.05, 4.69) is 0 Å². The molecule has 0 radical (unpaired) electrons. The van der Waals surface area contributed by atoms with Crippen molar-refractivity contribution in [2.45, 2.75) is 26.7 Å². The summed E-state index contributed by atoms with van der Waals surface area (Å²) in [4.78, 5) is 21.7. The fourth-order valence-corrected chi connectivity index (χ4v) is 1.33. The first-order valence-corrected chi connectivity index (χ1v) is 5.48. The van der Waals surface area contributed by atoms with Crippen LogP contribution in [0.25, 0.3) is 0 Å².